The molecule has 1 fully saturated rings. The second kappa shape index (κ2) is 6.28. The van der Waals surface area contributed by atoms with Crippen molar-refractivity contribution >= 4 is 0 Å². The van der Waals surface area contributed by atoms with Crippen molar-refractivity contribution in [3.05, 3.63) is 29.3 Å². The highest BCUT2D eigenvalue weighted by Crippen LogP contribution is 2.26. The topological polar surface area (TPSA) is 36.3 Å². The minimum absolute atomic E-state index is 0.267. The third-order valence-electron chi connectivity index (χ3n) is 4.52. The van der Waals surface area contributed by atoms with Crippen LogP contribution in [0.15, 0.2) is 18.2 Å². The molecule has 0 bridgehead atoms. The maximum atomic E-state index is 8.89. The van der Waals surface area contributed by atoms with E-state index in [1.54, 1.807) is 0 Å². The molecule has 1 aromatic rings. The van der Waals surface area contributed by atoms with E-state index in [0.29, 0.717) is 0 Å². The second-order valence-corrected chi connectivity index (χ2v) is 5.88. The van der Waals surface area contributed by atoms with Crippen LogP contribution in [0.4, 0.5) is 0 Å². The zero-order valence-corrected chi connectivity index (χ0v) is 12.0. The summed E-state index contributed by atoms with van der Waals surface area (Å²) in [4.78, 5) is 2.40. The number of rotatable bonds is 4. The quantitative estimate of drug-likeness (QED) is 0.844. The van der Waals surface area contributed by atoms with Crippen molar-refractivity contribution in [2.45, 2.75) is 32.1 Å². The lowest BCUT2D eigenvalue weighted by Crippen LogP contribution is -2.36. The number of fused-ring (bicyclic) bond motifs is 1. The molecule has 0 amide bonds. The Morgan fingerprint density at radius 2 is 2.00 bits per heavy atom. The minimum atomic E-state index is 0.267. The Bertz CT molecular complexity index is 498. The van der Waals surface area contributed by atoms with Crippen molar-refractivity contribution in [1.29, 1.82) is 5.26 Å². The molecule has 0 aromatic heterocycles. The Balaban J connectivity index is 1.43. The molecule has 0 N–H and O–H groups in total. The lowest BCUT2D eigenvalue weighted by Gasteiger charge is -2.28. The van der Waals surface area contributed by atoms with E-state index in [0.717, 1.165) is 44.8 Å². The zero-order valence-electron chi connectivity index (χ0n) is 12.0. The summed E-state index contributed by atoms with van der Waals surface area (Å²) in [5, 5.41) is 8.89. The summed E-state index contributed by atoms with van der Waals surface area (Å²) in [5.74, 6) is 1.28. The van der Waals surface area contributed by atoms with E-state index < -0.39 is 0 Å². The predicted molar refractivity (Wildman–Crippen MR) is 78.7 cm³/mol. The summed E-state index contributed by atoms with van der Waals surface area (Å²) in [7, 11) is 0. The lowest BCUT2D eigenvalue weighted by molar-refractivity contribution is 0.169. The van der Waals surface area contributed by atoms with Crippen molar-refractivity contribution in [3.63, 3.8) is 0 Å². The van der Waals surface area contributed by atoms with E-state index >= 15 is 0 Å². The van der Waals surface area contributed by atoms with Gasteiger partial charge in [0.15, 0.2) is 0 Å². The third-order valence-corrected chi connectivity index (χ3v) is 4.52. The van der Waals surface area contributed by atoms with Crippen LogP contribution < -0.4 is 4.74 Å². The van der Waals surface area contributed by atoms with Crippen LogP contribution in [0.2, 0.25) is 0 Å². The number of ether oxygens (including phenoxy) is 1. The lowest BCUT2D eigenvalue weighted by atomic mass is 9.99. The van der Waals surface area contributed by atoms with E-state index in [-0.39, 0.29) is 5.92 Å². The van der Waals surface area contributed by atoms with Crippen molar-refractivity contribution in [2.24, 2.45) is 5.92 Å². The molecule has 1 saturated heterocycles. The molecule has 0 atom stereocenters. The summed E-state index contributed by atoms with van der Waals surface area (Å²) in [6, 6.07) is 8.91. The number of piperidine rings is 1. The third kappa shape index (κ3) is 3.13. The SMILES string of the molecule is N#CC1CCN(CCOc2ccc3c(c2)CCC3)CC1. The summed E-state index contributed by atoms with van der Waals surface area (Å²) in [5.41, 5.74) is 2.97. The standard InChI is InChI=1S/C17H22N2O/c18-13-14-6-8-19(9-7-14)10-11-20-17-5-4-15-2-1-3-16(15)12-17/h4-5,12,14H,1-3,6-11H2. The average molecular weight is 270 g/mol. The van der Waals surface area contributed by atoms with E-state index in [2.05, 4.69) is 29.2 Å². The summed E-state index contributed by atoms with van der Waals surface area (Å²) in [6.45, 7) is 3.78. The van der Waals surface area contributed by atoms with Crippen LogP contribution in [0, 0.1) is 17.2 Å². The first-order chi connectivity index (χ1) is 9.85. The number of aryl methyl sites for hydroxylation is 2. The van der Waals surface area contributed by atoms with Gasteiger partial charge in [0.1, 0.15) is 12.4 Å². The Kier molecular flexibility index (Phi) is 4.22. The molecule has 0 spiro atoms. The van der Waals surface area contributed by atoms with Gasteiger partial charge in [-0.2, -0.15) is 5.26 Å². The maximum Gasteiger partial charge on any atom is 0.119 e. The molecular weight excluding hydrogens is 248 g/mol. The van der Waals surface area contributed by atoms with Gasteiger partial charge in [0.05, 0.1) is 6.07 Å². The van der Waals surface area contributed by atoms with Crippen LogP contribution >= 0.6 is 0 Å². The minimum Gasteiger partial charge on any atom is -0.492 e. The van der Waals surface area contributed by atoms with Crippen molar-refractivity contribution in [3.8, 4) is 11.8 Å². The highest BCUT2D eigenvalue weighted by molar-refractivity contribution is 5.38. The zero-order chi connectivity index (χ0) is 13.8. The summed E-state index contributed by atoms with van der Waals surface area (Å²) < 4.78 is 5.88. The van der Waals surface area contributed by atoms with E-state index in [1.165, 1.54) is 30.4 Å². The van der Waals surface area contributed by atoms with Crippen LogP contribution in [0.25, 0.3) is 0 Å². The number of hydrogen-bond acceptors (Lipinski definition) is 3. The molecular formula is C17H22N2O. The summed E-state index contributed by atoms with van der Waals surface area (Å²) in [6.07, 6.45) is 5.73. The second-order valence-electron chi connectivity index (χ2n) is 5.88. The van der Waals surface area contributed by atoms with Gasteiger partial charge < -0.3 is 4.74 Å². The molecule has 0 radical (unpaired) electrons. The van der Waals surface area contributed by atoms with Crippen LogP contribution in [-0.2, 0) is 12.8 Å². The molecule has 2 aliphatic rings. The number of likely N-dealkylation sites (tertiary alicyclic amines) is 1. The van der Waals surface area contributed by atoms with Gasteiger partial charge in [-0.05, 0) is 68.5 Å². The first-order valence-electron chi connectivity index (χ1n) is 7.72. The van der Waals surface area contributed by atoms with E-state index in [1.807, 2.05) is 0 Å². The van der Waals surface area contributed by atoms with Crippen molar-refractivity contribution in [1.82, 2.24) is 4.90 Å². The predicted octanol–water partition coefficient (Wildman–Crippen LogP) is 2.79. The Hall–Kier alpha value is -1.53. The van der Waals surface area contributed by atoms with Gasteiger partial charge in [0, 0.05) is 12.5 Å². The largest absolute Gasteiger partial charge is 0.492 e. The van der Waals surface area contributed by atoms with E-state index in [4.69, 9.17) is 10.00 Å². The van der Waals surface area contributed by atoms with Gasteiger partial charge in [0.25, 0.3) is 0 Å². The van der Waals surface area contributed by atoms with Gasteiger partial charge in [-0.3, -0.25) is 4.90 Å². The number of nitriles is 1. The molecule has 3 rings (SSSR count). The molecule has 1 aromatic carbocycles. The summed E-state index contributed by atoms with van der Waals surface area (Å²) >= 11 is 0. The van der Waals surface area contributed by atoms with Crippen molar-refractivity contribution < 1.29 is 4.74 Å². The fourth-order valence-corrected chi connectivity index (χ4v) is 3.22. The Morgan fingerprint density at radius 1 is 1.20 bits per heavy atom. The monoisotopic (exact) mass is 270 g/mol. The van der Waals surface area contributed by atoms with E-state index in [9.17, 15) is 0 Å². The molecule has 1 aliphatic heterocycles. The Morgan fingerprint density at radius 3 is 2.80 bits per heavy atom. The molecule has 1 aliphatic carbocycles. The number of benzene rings is 1. The highest BCUT2D eigenvalue weighted by Gasteiger charge is 2.18. The molecule has 3 nitrogen and oxygen atoms in total. The molecule has 3 heteroatoms. The van der Waals surface area contributed by atoms with Gasteiger partial charge in [0.2, 0.25) is 0 Å². The molecule has 106 valence electrons. The van der Waals surface area contributed by atoms with Gasteiger partial charge in [-0.1, -0.05) is 6.07 Å². The van der Waals surface area contributed by atoms with Gasteiger partial charge in [-0.25, -0.2) is 0 Å². The van der Waals surface area contributed by atoms with Crippen molar-refractivity contribution in [2.75, 3.05) is 26.2 Å². The normalized spacial score (nSPS) is 19.6. The van der Waals surface area contributed by atoms with Gasteiger partial charge >= 0.3 is 0 Å². The number of hydrogen-bond donors (Lipinski definition) is 0. The fourth-order valence-electron chi connectivity index (χ4n) is 3.22. The number of nitrogens with zero attached hydrogens (tertiary/aromatic N) is 2. The molecule has 0 saturated carbocycles. The van der Waals surface area contributed by atoms with Crippen LogP contribution in [0.1, 0.15) is 30.4 Å². The van der Waals surface area contributed by atoms with Crippen LogP contribution in [-0.4, -0.2) is 31.1 Å². The van der Waals surface area contributed by atoms with Crippen LogP contribution in [0.3, 0.4) is 0 Å². The fraction of sp³-hybridized carbons (Fsp3) is 0.588. The molecule has 20 heavy (non-hydrogen) atoms. The average Bonchev–Trinajstić information content (AvgIpc) is 2.95. The first-order valence-corrected chi connectivity index (χ1v) is 7.72. The molecule has 0 unspecified atom stereocenters. The maximum absolute atomic E-state index is 8.89. The molecule has 1 heterocycles. The van der Waals surface area contributed by atoms with Gasteiger partial charge in [-0.15, -0.1) is 0 Å². The van der Waals surface area contributed by atoms with Crippen LogP contribution in [0.5, 0.6) is 5.75 Å². The first kappa shape index (κ1) is 13.5. The highest BCUT2D eigenvalue weighted by atomic mass is 16.5. The smallest absolute Gasteiger partial charge is 0.119 e. The Labute approximate surface area is 121 Å².